The van der Waals surface area contributed by atoms with Crippen molar-refractivity contribution >= 4 is 17.7 Å². The minimum atomic E-state index is -1.99. The van der Waals surface area contributed by atoms with Crippen LogP contribution in [0.25, 0.3) is 0 Å². The van der Waals surface area contributed by atoms with Crippen molar-refractivity contribution in [3.8, 4) is 0 Å². The van der Waals surface area contributed by atoms with Crippen LogP contribution in [0.2, 0.25) is 0 Å². The van der Waals surface area contributed by atoms with Gasteiger partial charge in [-0.2, -0.15) is 0 Å². The standard InChI is InChI=1S/C47H68O16/c1-25-9-10-31-33(21-36(56-31)47(54)38(49)27(3)13-19-55-47)57-40(51)28(4)30-8-7-14-45(58-30)16-11-32(59-45)39(50)43(6)23-29(48)37(62-43)34-24-44(41(52)53)17-18-46(60-34,63-44)35-12-15-42(5,61-35)22-26(2)20-25/h9-10,20,26-28,30-39,49-50,54H,7-8,11-19,21-24H2,1-6H3,(H,52,53)/t26-,27+,28+,30-,31+,32-,33+,34+,35+,36-,37-,38+,39-,42+,43+,44-,45-,46-,47+/m0/s1. The molecule has 9 rings (SSSR count). The number of ether oxygens (including phenoxy) is 9. The first-order chi connectivity index (χ1) is 29.7. The van der Waals surface area contributed by atoms with Gasteiger partial charge >= 0.3 is 11.9 Å². The number of esters is 1. The third-order valence-electron chi connectivity index (χ3n) is 16.0. The van der Waals surface area contributed by atoms with E-state index in [-0.39, 0.29) is 56.3 Å². The van der Waals surface area contributed by atoms with E-state index in [2.05, 4.69) is 13.0 Å². The summed E-state index contributed by atoms with van der Waals surface area (Å²) in [7, 11) is 0. The van der Waals surface area contributed by atoms with Crippen LogP contribution in [0.4, 0.5) is 0 Å². The summed E-state index contributed by atoms with van der Waals surface area (Å²) < 4.78 is 58.2. The highest BCUT2D eigenvalue weighted by Crippen LogP contribution is 2.55. The van der Waals surface area contributed by atoms with Gasteiger partial charge in [0.2, 0.25) is 5.79 Å². The van der Waals surface area contributed by atoms with Crippen LogP contribution in [0.3, 0.4) is 0 Å². The van der Waals surface area contributed by atoms with Crippen molar-refractivity contribution in [3.63, 3.8) is 0 Å². The second kappa shape index (κ2) is 16.5. The van der Waals surface area contributed by atoms with Crippen LogP contribution in [-0.2, 0) is 57.0 Å². The fourth-order valence-electron chi connectivity index (χ4n) is 12.5. The van der Waals surface area contributed by atoms with E-state index in [1.54, 1.807) is 13.8 Å². The zero-order valence-electron chi connectivity index (χ0n) is 37.5. The first-order valence-electron chi connectivity index (χ1n) is 23.5. The maximum absolute atomic E-state index is 14.1. The highest BCUT2D eigenvalue weighted by Gasteiger charge is 2.68. The molecule has 8 saturated heterocycles. The molecule has 0 unspecified atom stereocenters. The van der Waals surface area contributed by atoms with Gasteiger partial charge in [0.05, 0.1) is 36.4 Å². The summed E-state index contributed by atoms with van der Waals surface area (Å²) in [5, 5.41) is 45.4. The Balaban J connectivity index is 1.01. The van der Waals surface area contributed by atoms with Gasteiger partial charge in [-0.05, 0) is 90.9 Å². The summed E-state index contributed by atoms with van der Waals surface area (Å²) in [6, 6.07) is 0. The quantitative estimate of drug-likeness (QED) is 0.284. The lowest BCUT2D eigenvalue weighted by atomic mass is 9.87. The summed E-state index contributed by atoms with van der Waals surface area (Å²) in [5.74, 6) is -7.29. The summed E-state index contributed by atoms with van der Waals surface area (Å²) in [4.78, 5) is 40.9. The number of Topliss-reactive ketones (excluding diaryl/α,β-unsaturated/α-hetero) is 1. The Bertz CT molecular complexity index is 1860. The van der Waals surface area contributed by atoms with E-state index < -0.39 is 113 Å². The molecule has 4 N–H and O–H groups in total. The van der Waals surface area contributed by atoms with Crippen LogP contribution in [0.1, 0.15) is 131 Å². The SMILES string of the molecule is CC1=C[C@H](C)C[C@@]2(C)CC[C@@H](O2)[C@@]23CC[C@@](C(=O)O)(C[C@@H](O2)[C@H]2O[C@](C)(CC2=O)[C@@H](O)[C@@H]2CC[C@]4(CCC[C@H](O4)[C@@H](C)C(=O)O[C@@H]4C[C@@H]([C@@]5(O)OCC[C@@H](C)[C@H]5O)O[C@@H]4C=C1)O2)O3. The Morgan fingerprint density at radius 1 is 0.810 bits per heavy atom. The number of hydrogen-bond acceptors (Lipinski definition) is 15. The number of aliphatic hydroxyl groups is 3. The molecule has 63 heavy (non-hydrogen) atoms. The number of aliphatic carboxylic acids is 1. The van der Waals surface area contributed by atoms with Crippen LogP contribution in [0, 0.1) is 17.8 Å². The highest BCUT2D eigenvalue weighted by atomic mass is 16.8. The molecule has 9 heterocycles. The molecule has 0 saturated carbocycles. The van der Waals surface area contributed by atoms with Gasteiger partial charge in [0.25, 0.3) is 0 Å². The number of aliphatic hydroxyl groups excluding tert-OH is 2. The number of fused-ring (bicyclic) bond motifs is 10. The van der Waals surface area contributed by atoms with Crippen LogP contribution in [0.15, 0.2) is 23.8 Å². The van der Waals surface area contributed by atoms with E-state index in [0.29, 0.717) is 57.8 Å². The predicted octanol–water partition coefficient (Wildman–Crippen LogP) is 4.32. The lowest BCUT2D eigenvalue weighted by molar-refractivity contribution is -0.358. The third kappa shape index (κ3) is 8.18. The van der Waals surface area contributed by atoms with Crippen LogP contribution in [-0.4, -0.2) is 140 Å². The number of carbonyl (C=O) groups excluding carboxylic acids is 2. The van der Waals surface area contributed by atoms with E-state index in [1.807, 2.05) is 32.9 Å². The average Bonchev–Trinajstić information content (AvgIpc) is 4.06. The van der Waals surface area contributed by atoms with Crippen molar-refractivity contribution in [3.05, 3.63) is 23.8 Å². The van der Waals surface area contributed by atoms with Gasteiger partial charge < -0.3 is 63.1 Å². The van der Waals surface area contributed by atoms with Gasteiger partial charge in [0.15, 0.2) is 23.0 Å². The third-order valence-corrected chi connectivity index (χ3v) is 16.0. The Morgan fingerprint density at radius 3 is 2.37 bits per heavy atom. The molecule has 352 valence electrons. The molecule has 0 amide bonds. The molecule has 9 aliphatic heterocycles. The maximum Gasteiger partial charge on any atom is 0.336 e. The minimum Gasteiger partial charge on any atom is -0.479 e. The second-order valence-electron chi connectivity index (χ2n) is 21.1. The van der Waals surface area contributed by atoms with Crippen molar-refractivity contribution < 1.29 is 77.4 Å². The Hall–Kier alpha value is -2.35. The van der Waals surface area contributed by atoms with Crippen molar-refractivity contribution in [1.82, 2.24) is 0 Å². The molecule has 2 spiro atoms. The molecule has 10 bridgehead atoms. The Labute approximate surface area is 369 Å². The molecule has 0 aromatic carbocycles. The molecular weight excluding hydrogens is 821 g/mol. The fraction of sp³-hybridized carbons (Fsp3) is 0.851. The molecule has 16 heteroatoms. The van der Waals surface area contributed by atoms with Crippen molar-refractivity contribution in [1.29, 1.82) is 0 Å². The molecular formula is C47H68O16. The number of rotatable bonds is 2. The maximum atomic E-state index is 14.1. The molecule has 0 aliphatic carbocycles. The second-order valence-corrected chi connectivity index (χ2v) is 21.1. The lowest BCUT2D eigenvalue weighted by Crippen LogP contribution is -2.60. The average molecular weight is 889 g/mol. The normalized spacial score (nSPS) is 52.9. The zero-order chi connectivity index (χ0) is 44.9. The van der Waals surface area contributed by atoms with Gasteiger partial charge in [-0.1, -0.05) is 37.6 Å². The summed E-state index contributed by atoms with van der Waals surface area (Å²) in [5.41, 5.74) is -2.63. The smallest absolute Gasteiger partial charge is 0.336 e. The van der Waals surface area contributed by atoms with Gasteiger partial charge in [-0.15, -0.1) is 0 Å². The van der Waals surface area contributed by atoms with Crippen LogP contribution < -0.4 is 0 Å². The summed E-state index contributed by atoms with van der Waals surface area (Å²) in [6.45, 7) is 11.6. The number of carboxylic acids is 1. The van der Waals surface area contributed by atoms with E-state index >= 15 is 0 Å². The van der Waals surface area contributed by atoms with Gasteiger partial charge in [-0.25, -0.2) is 4.79 Å². The van der Waals surface area contributed by atoms with E-state index in [0.717, 1.165) is 5.57 Å². The molecule has 0 aromatic rings. The molecule has 19 atom stereocenters. The molecule has 0 radical (unpaired) electrons. The fourth-order valence-corrected chi connectivity index (χ4v) is 12.5. The monoisotopic (exact) mass is 888 g/mol. The lowest BCUT2D eigenvalue weighted by Gasteiger charge is -2.46. The molecule has 9 aliphatic rings. The number of carboxylic acid groups (broad SMARTS) is 1. The van der Waals surface area contributed by atoms with Gasteiger partial charge in [0, 0.05) is 38.5 Å². The number of hydrogen-bond donors (Lipinski definition) is 4. The molecule has 16 nitrogen and oxygen atoms in total. The van der Waals surface area contributed by atoms with Crippen molar-refractivity contribution in [2.75, 3.05) is 6.61 Å². The number of carbonyl (C=O) groups is 3. The zero-order valence-corrected chi connectivity index (χ0v) is 37.5. The van der Waals surface area contributed by atoms with E-state index in [9.17, 15) is 34.8 Å². The highest BCUT2D eigenvalue weighted by molar-refractivity contribution is 5.87. The Kier molecular flexibility index (Phi) is 12.0. The largest absolute Gasteiger partial charge is 0.479 e. The van der Waals surface area contributed by atoms with Gasteiger partial charge in [-0.3, -0.25) is 9.59 Å². The van der Waals surface area contributed by atoms with Crippen LogP contribution in [0.5, 0.6) is 0 Å². The van der Waals surface area contributed by atoms with E-state index in [1.165, 1.54) is 0 Å². The minimum absolute atomic E-state index is 0.0310. The Morgan fingerprint density at radius 2 is 1.59 bits per heavy atom. The van der Waals surface area contributed by atoms with Crippen molar-refractivity contribution in [2.24, 2.45) is 17.8 Å². The predicted molar refractivity (Wildman–Crippen MR) is 220 cm³/mol. The number of ketones is 1. The van der Waals surface area contributed by atoms with Crippen molar-refractivity contribution in [2.45, 2.75) is 227 Å². The van der Waals surface area contributed by atoms with Gasteiger partial charge in [0.1, 0.15) is 48.3 Å². The number of allylic oxidation sites excluding steroid dienone is 3. The molecule has 8 fully saturated rings. The molecule has 0 aromatic heterocycles. The van der Waals surface area contributed by atoms with Crippen LogP contribution >= 0.6 is 0 Å². The first kappa shape index (κ1) is 45.8. The topological polar surface area (TPSA) is 215 Å². The van der Waals surface area contributed by atoms with E-state index in [4.69, 9.17) is 42.6 Å². The summed E-state index contributed by atoms with van der Waals surface area (Å²) in [6.07, 6.45) is 2.32. The summed E-state index contributed by atoms with van der Waals surface area (Å²) >= 11 is 0. The first-order valence-corrected chi connectivity index (χ1v) is 23.5.